The minimum Gasteiger partial charge on any atom is -0.468 e. The highest BCUT2D eigenvalue weighted by atomic mass is 16.5. The monoisotopic (exact) mass is 185 g/mol. The quantitative estimate of drug-likeness (QED) is 0.319. The molecule has 0 radical (unpaired) electrons. The molecule has 0 saturated heterocycles. The normalized spacial score (nSPS) is 10.8. The number of nitrogens with zero attached hydrogens (tertiary/aromatic N) is 1. The van der Waals surface area contributed by atoms with E-state index in [1.807, 2.05) is 0 Å². The Kier molecular flexibility index (Phi) is 4.16. The minimum atomic E-state index is -1.74. The molecule has 0 spiro atoms. The number of methoxy groups -OCH3 is 2. The Balaban J connectivity index is 4.62. The van der Waals surface area contributed by atoms with Crippen LogP contribution in [0, 0.1) is 17.2 Å². The third-order valence-electron chi connectivity index (χ3n) is 1.21. The van der Waals surface area contributed by atoms with Crippen LogP contribution in [0.15, 0.2) is 0 Å². The Morgan fingerprint density at radius 3 is 2.08 bits per heavy atom. The lowest BCUT2D eigenvalue weighted by Gasteiger charge is -2.02. The van der Waals surface area contributed by atoms with Gasteiger partial charge in [-0.1, -0.05) is 0 Å². The molecule has 0 aliphatic carbocycles. The van der Waals surface area contributed by atoms with E-state index in [-0.39, 0.29) is 0 Å². The zero-order chi connectivity index (χ0) is 10.4. The molecular weight excluding hydrogens is 178 g/mol. The van der Waals surface area contributed by atoms with Gasteiger partial charge in [0.2, 0.25) is 5.92 Å². The van der Waals surface area contributed by atoms with Crippen LogP contribution in [0.2, 0.25) is 0 Å². The van der Waals surface area contributed by atoms with E-state index in [0.29, 0.717) is 0 Å². The number of nitriles is 1. The summed E-state index contributed by atoms with van der Waals surface area (Å²) in [5.41, 5.74) is 0. The first-order valence-corrected chi connectivity index (χ1v) is 3.18. The van der Waals surface area contributed by atoms with Gasteiger partial charge in [0.15, 0.2) is 0 Å². The third kappa shape index (κ3) is 2.56. The Morgan fingerprint density at radius 2 is 1.77 bits per heavy atom. The number of esters is 2. The molecule has 1 atom stereocenters. The van der Waals surface area contributed by atoms with Gasteiger partial charge in [-0.15, -0.1) is 0 Å². The lowest BCUT2D eigenvalue weighted by Crippen LogP contribution is -2.30. The van der Waals surface area contributed by atoms with Crippen LogP contribution in [0.4, 0.5) is 0 Å². The number of carbonyl (C=O) groups is 3. The molecule has 6 nitrogen and oxygen atoms in total. The first-order chi connectivity index (χ1) is 6.08. The van der Waals surface area contributed by atoms with Crippen molar-refractivity contribution in [2.45, 2.75) is 0 Å². The maximum Gasteiger partial charge on any atom is 0.376 e. The second-order valence-electron chi connectivity index (χ2n) is 1.94. The van der Waals surface area contributed by atoms with Gasteiger partial charge in [0.05, 0.1) is 20.3 Å². The van der Waals surface area contributed by atoms with Crippen molar-refractivity contribution in [2.24, 2.45) is 5.92 Å². The van der Waals surface area contributed by atoms with E-state index in [2.05, 4.69) is 9.47 Å². The number of rotatable bonds is 3. The molecule has 6 heteroatoms. The number of ether oxygens (including phenoxy) is 2. The molecule has 0 N–H and O–H groups in total. The smallest absolute Gasteiger partial charge is 0.376 e. The molecule has 13 heavy (non-hydrogen) atoms. The van der Waals surface area contributed by atoms with Gasteiger partial charge < -0.3 is 9.47 Å². The van der Waals surface area contributed by atoms with Crippen LogP contribution in [0.5, 0.6) is 0 Å². The fraction of sp³-hybridized carbons (Fsp3) is 0.429. The molecule has 0 aromatic rings. The fourth-order valence-corrected chi connectivity index (χ4v) is 0.555. The molecule has 0 bridgehead atoms. The summed E-state index contributed by atoms with van der Waals surface area (Å²) in [5, 5.41) is 8.36. The van der Waals surface area contributed by atoms with Gasteiger partial charge in [0, 0.05) is 0 Å². The van der Waals surface area contributed by atoms with Crippen molar-refractivity contribution in [3.63, 3.8) is 0 Å². The maximum absolute atomic E-state index is 10.9. The second kappa shape index (κ2) is 4.87. The molecule has 0 aromatic heterocycles. The summed E-state index contributed by atoms with van der Waals surface area (Å²) in [6.07, 6.45) is 0. The van der Waals surface area contributed by atoms with Crippen molar-refractivity contribution in [2.75, 3.05) is 14.2 Å². The summed E-state index contributed by atoms with van der Waals surface area (Å²) in [4.78, 5) is 32.2. The van der Waals surface area contributed by atoms with E-state index in [4.69, 9.17) is 5.26 Å². The van der Waals surface area contributed by atoms with Crippen LogP contribution in [-0.2, 0) is 23.9 Å². The lowest BCUT2D eigenvalue weighted by atomic mass is 10.1. The summed E-state index contributed by atoms with van der Waals surface area (Å²) in [6, 6.07) is 1.34. The van der Waals surface area contributed by atoms with Crippen LogP contribution in [-0.4, -0.2) is 31.9 Å². The fourth-order valence-electron chi connectivity index (χ4n) is 0.555. The van der Waals surface area contributed by atoms with Gasteiger partial charge in [-0.3, -0.25) is 9.59 Å². The Hall–Kier alpha value is -1.90. The standard InChI is InChI=1S/C7H7NO5/c1-12-6(10)4(3-8)5(9)7(11)13-2/h4H,1-2H3. The van der Waals surface area contributed by atoms with Crippen LogP contribution in [0.1, 0.15) is 0 Å². The molecule has 0 aliphatic heterocycles. The van der Waals surface area contributed by atoms with E-state index in [9.17, 15) is 14.4 Å². The van der Waals surface area contributed by atoms with Gasteiger partial charge in [0.1, 0.15) is 0 Å². The molecule has 0 fully saturated rings. The summed E-state index contributed by atoms with van der Waals surface area (Å²) in [6.45, 7) is 0. The predicted octanol–water partition coefficient (Wildman–Crippen LogP) is -0.959. The highest BCUT2D eigenvalue weighted by Gasteiger charge is 2.33. The summed E-state index contributed by atoms with van der Waals surface area (Å²) < 4.78 is 8.17. The average molecular weight is 185 g/mol. The molecule has 70 valence electrons. The largest absolute Gasteiger partial charge is 0.468 e. The number of carbonyl (C=O) groups excluding carboxylic acids is 3. The first-order valence-electron chi connectivity index (χ1n) is 3.18. The third-order valence-corrected chi connectivity index (χ3v) is 1.21. The van der Waals surface area contributed by atoms with Crippen LogP contribution in [0.3, 0.4) is 0 Å². The SMILES string of the molecule is COC(=O)C(=O)C(C#N)C(=O)OC. The van der Waals surface area contributed by atoms with Crippen molar-refractivity contribution < 1.29 is 23.9 Å². The van der Waals surface area contributed by atoms with E-state index in [1.165, 1.54) is 6.07 Å². The molecule has 0 rings (SSSR count). The Bertz CT molecular complexity index is 277. The number of ketones is 1. The topological polar surface area (TPSA) is 93.5 Å². The average Bonchev–Trinajstić information content (AvgIpc) is 2.17. The Morgan fingerprint density at radius 1 is 1.23 bits per heavy atom. The molecule has 1 unspecified atom stereocenters. The van der Waals surface area contributed by atoms with Crippen molar-refractivity contribution in [3.8, 4) is 6.07 Å². The molecular formula is C7H7NO5. The van der Waals surface area contributed by atoms with E-state index in [0.717, 1.165) is 14.2 Å². The molecule has 0 heterocycles. The van der Waals surface area contributed by atoms with Gasteiger partial charge in [-0.2, -0.15) is 5.26 Å². The number of hydrogen-bond acceptors (Lipinski definition) is 6. The maximum atomic E-state index is 10.9. The van der Waals surface area contributed by atoms with Crippen LogP contribution >= 0.6 is 0 Å². The van der Waals surface area contributed by atoms with Crippen LogP contribution < -0.4 is 0 Å². The van der Waals surface area contributed by atoms with Gasteiger partial charge in [0.25, 0.3) is 5.78 Å². The highest BCUT2D eigenvalue weighted by molar-refractivity contribution is 6.38. The minimum absolute atomic E-state index is 0.978. The molecule has 0 aliphatic rings. The second-order valence-corrected chi connectivity index (χ2v) is 1.94. The summed E-state index contributed by atoms with van der Waals surface area (Å²) in [7, 11) is 1.99. The van der Waals surface area contributed by atoms with Gasteiger partial charge >= 0.3 is 11.9 Å². The van der Waals surface area contributed by atoms with Gasteiger partial charge in [-0.25, -0.2) is 4.79 Å². The number of Topliss-reactive ketones (excluding diaryl/α,β-unsaturated/α-hetero) is 1. The first kappa shape index (κ1) is 11.1. The van der Waals surface area contributed by atoms with Crippen LogP contribution in [0.25, 0.3) is 0 Å². The van der Waals surface area contributed by atoms with Crippen molar-refractivity contribution in [1.29, 1.82) is 5.26 Å². The van der Waals surface area contributed by atoms with E-state index >= 15 is 0 Å². The lowest BCUT2D eigenvalue weighted by molar-refractivity contribution is -0.158. The van der Waals surface area contributed by atoms with E-state index < -0.39 is 23.6 Å². The Labute approximate surface area is 74.0 Å². The van der Waals surface area contributed by atoms with Crippen molar-refractivity contribution >= 4 is 17.7 Å². The molecule has 0 aromatic carbocycles. The van der Waals surface area contributed by atoms with Gasteiger partial charge in [-0.05, 0) is 0 Å². The zero-order valence-corrected chi connectivity index (χ0v) is 7.07. The molecule has 0 amide bonds. The zero-order valence-electron chi connectivity index (χ0n) is 7.07. The van der Waals surface area contributed by atoms with E-state index in [1.54, 1.807) is 0 Å². The van der Waals surface area contributed by atoms with Crippen molar-refractivity contribution in [3.05, 3.63) is 0 Å². The summed E-state index contributed by atoms with van der Waals surface area (Å²) >= 11 is 0. The summed E-state index contributed by atoms with van der Waals surface area (Å²) in [5.74, 6) is -5.27. The molecule has 0 saturated carbocycles. The number of hydrogen-bond donors (Lipinski definition) is 0. The highest BCUT2D eigenvalue weighted by Crippen LogP contribution is 2.00. The predicted molar refractivity (Wildman–Crippen MR) is 38.1 cm³/mol. The van der Waals surface area contributed by atoms with Crippen molar-refractivity contribution in [1.82, 2.24) is 0 Å².